The molecule has 1 aliphatic heterocycles. The lowest BCUT2D eigenvalue weighted by molar-refractivity contribution is 0.0793. The van der Waals surface area contributed by atoms with Gasteiger partial charge in [0.2, 0.25) is 0 Å². The van der Waals surface area contributed by atoms with Crippen LogP contribution in [0.4, 0.5) is 0 Å². The Balaban J connectivity index is 1.85. The summed E-state index contributed by atoms with van der Waals surface area (Å²) in [6.45, 7) is 2.51. The van der Waals surface area contributed by atoms with Crippen LogP contribution in [0.5, 0.6) is 5.75 Å². The summed E-state index contributed by atoms with van der Waals surface area (Å²) in [7, 11) is 0. The van der Waals surface area contributed by atoms with Gasteiger partial charge in [-0.05, 0) is 49.9 Å². The number of hydrogen-bond donors (Lipinski definition) is 0. The summed E-state index contributed by atoms with van der Waals surface area (Å²) in [4.78, 5) is 14.1. The van der Waals surface area contributed by atoms with Crippen LogP contribution < -0.4 is 4.74 Å². The van der Waals surface area contributed by atoms with E-state index in [1.54, 1.807) is 0 Å². The number of amides is 1. The monoisotopic (exact) mass is 325 g/mol. The number of likely N-dealkylation sites (tertiary alicyclic amines) is 1. The van der Waals surface area contributed by atoms with Gasteiger partial charge in [0, 0.05) is 24.0 Å². The van der Waals surface area contributed by atoms with Gasteiger partial charge in [-0.3, -0.25) is 4.79 Å². The molecule has 19 heavy (non-hydrogen) atoms. The van der Waals surface area contributed by atoms with Crippen molar-refractivity contribution in [3.05, 3.63) is 29.8 Å². The summed E-state index contributed by atoms with van der Waals surface area (Å²) < 4.78 is 5.62. The Morgan fingerprint density at radius 1 is 1.16 bits per heavy atom. The van der Waals surface area contributed by atoms with Crippen LogP contribution in [0, 0.1) is 0 Å². The fourth-order valence-electron chi connectivity index (χ4n) is 2.18. The van der Waals surface area contributed by atoms with E-state index < -0.39 is 0 Å². The molecular formula is C15H20BrNO2. The minimum absolute atomic E-state index is 0.142. The number of ether oxygens (including phenoxy) is 1. The predicted octanol–water partition coefficient (Wildman–Crippen LogP) is 3.48. The third kappa shape index (κ3) is 4.23. The van der Waals surface area contributed by atoms with E-state index in [1.807, 2.05) is 29.2 Å². The number of rotatable bonds is 6. The molecular weight excluding hydrogens is 306 g/mol. The second-order valence-electron chi connectivity index (χ2n) is 4.77. The molecule has 1 aromatic rings. The van der Waals surface area contributed by atoms with E-state index in [-0.39, 0.29) is 5.91 Å². The maximum absolute atomic E-state index is 12.1. The van der Waals surface area contributed by atoms with Crippen molar-refractivity contribution in [2.24, 2.45) is 0 Å². The summed E-state index contributed by atoms with van der Waals surface area (Å²) in [5.41, 5.74) is 0.759. The number of halogens is 1. The van der Waals surface area contributed by atoms with E-state index in [0.717, 1.165) is 62.0 Å². The fourth-order valence-corrected chi connectivity index (χ4v) is 2.58. The lowest BCUT2D eigenvalue weighted by Gasteiger charge is -2.15. The molecule has 1 aromatic carbocycles. The molecule has 0 aliphatic carbocycles. The molecule has 0 radical (unpaired) electrons. The lowest BCUT2D eigenvalue weighted by atomic mass is 10.2. The minimum Gasteiger partial charge on any atom is -0.494 e. The number of unbranched alkanes of at least 4 members (excludes halogenated alkanes) is 1. The highest BCUT2D eigenvalue weighted by molar-refractivity contribution is 9.09. The first-order valence-corrected chi connectivity index (χ1v) is 8.01. The molecule has 104 valence electrons. The van der Waals surface area contributed by atoms with Crippen molar-refractivity contribution >= 4 is 21.8 Å². The average Bonchev–Trinajstić information content (AvgIpc) is 2.98. The van der Waals surface area contributed by atoms with Crippen LogP contribution in [-0.4, -0.2) is 35.8 Å². The summed E-state index contributed by atoms with van der Waals surface area (Å²) >= 11 is 3.40. The molecule has 1 amide bonds. The Labute approximate surface area is 123 Å². The van der Waals surface area contributed by atoms with Crippen molar-refractivity contribution in [2.75, 3.05) is 25.0 Å². The summed E-state index contributed by atoms with van der Waals surface area (Å²) in [6, 6.07) is 7.50. The quantitative estimate of drug-likeness (QED) is 0.592. The second-order valence-corrected chi connectivity index (χ2v) is 5.56. The number of benzene rings is 1. The molecule has 1 aliphatic rings. The topological polar surface area (TPSA) is 29.5 Å². The van der Waals surface area contributed by atoms with Gasteiger partial charge in [-0.15, -0.1) is 0 Å². The highest BCUT2D eigenvalue weighted by Gasteiger charge is 2.19. The van der Waals surface area contributed by atoms with Crippen molar-refractivity contribution in [1.82, 2.24) is 4.90 Å². The van der Waals surface area contributed by atoms with Gasteiger partial charge in [-0.25, -0.2) is 0 Å². The molecule has 2 rings (SSSR count). The molecule has 0 atom stereocenters. The van der Waals surface area contributed by atoms with E-state index in [1.165, 1.54) is 0 Å². The molecule has 1 saturated heterocycles. The van der Waals surface area contributed by atoms with Crippen LogP contribution in [0.3, 0.4) is 0 Å². The summed E-state index contributed by atoms with van der Waals surface area (Å²) in [5, 5.41) is 1.01. The van der Waals surface area contributed by atoms with Crippen molar-refractivity contribution < 1.29 is 9.53 Å². The number of carbonyl (C=O) groups is 1. The molecule has 1 fully saturated rings. The first-order chi connectivity index (χ1) is 9.31. The van der Waals surface area contributed by atoms with Gasteiger partial charge in [-0.1, -0.05) is 15.9 Å². The van der Waals surface area contributed by atoms with E-state index in [9.17, 15) is 4.79 Å². The third-order valence-electron chi connectivity index (χ3n) is 3.29. The second kappa shape index (κ2) is 7.53. The zero-order valence-electron chi connectivity index (χ0n) is 11.1. The number of carbonyl (C=O) groups excluding carboxylic acids is 1. The molecule has 3 nitrogen and oxygen atoms in total. The zero-order chi connectivity index (χ0) is 13.5. The Bertz CT molecular complexity index is 399. The largest absolute Gasteiger partial charge is 0.494 e. The first kappa shape index (κ1) is 14.4. The minimum atomic E-state index is 0.142. The van der Waals surface area contributed by atoms with Crippen molar-refractivity contribution in [3.8, 4) is 5.75 Å². The summed E-state index contributed by atoms with van der Waals surface area (Å²) in [5.74, 6) is 0.982. The predicted molar refractivity (Wildman–Crippen MR) is 80.1 cm³/mol. The van der Waals surface area contributed by atoms with Crippen LogP contribution in [0.1, 0.15) is 36.0 Å². The number of hydrogen-bond acceptors (Lipinski definition) is 2. The van der Waals surface area contributed by atoms with Crippen LogP contribution in [0.2, 0.25) is 0 Å². The maximum Gasteiger partial charge on any atom is 0.253 e. The van der Waals surface area contributed by atoms with E-state index >= 15 is 0 Å². The fraction of sp³-hybridized carbons (Fsp3) is 0.533. The normalized spacial score (nSPS) is 14.7. The number of alkyl halides is 1. The molecule has 4 heteroatoms. The summed E-state index contributed by atoms with van der Waals surface area (Å²) in [6.07, 6.45) is 4.41. The molecule has 0 spiro atoms. The van der Waals surface area contributed by atoms with Gasteiger partial charge in [-0.2, -0.15) is 0 Å². The van der Waals surface area contributed by atoms with Crippen LogP contribution in [0.25, 0.3) is 0 Å². The third-order valence-corrected chi connectivity index (χ3v) is 3.85. The van der Waals surface area contributed by atoms with Crippen LogP contribution in [-0.2, 0) is 0 Å². The van der Waals surface area contributed by atoms with Gasteiger partial charge in [0.05, 0.1) is 6.61 Å². The van der Waals surface area contributed by atoms with E-state index in [4.69, 9.17) is 4.74 Å². The molecule has 0 unspecified atom stereocenters. The Morgan fingerprint density at radius 2 is 1.84 bits per heavy atom. The van der Waals surface area contributed by atoms with E-state index in [0.29, 0.717) is 0 Å². The van der Waals surface area contributed by atoms with Crippen LogP contribution in [0.15, 0.2) is 24.3 Å². The average molecular weight is 326 g/mol. The first-order valence-electron chi connectivity index (χ1n) is 6.89. The standard InChI is InChI=1S/C15H20BrNO2/c16-9-1-4-12-19-14-7-5-13(6-8-14)15(18)17-10-2-3-11-17/h5-8H,1-4,9-12H2. The lowest BCUT2D eigenvalue weighted by Crippen LogP contribution is -2.27. The van der Waals surface area contributed by atoms with Crippen LogP contribution >= 0.6 is 15.9 Å². The highest BCUT2D eigenvalue weighted by atomic mass is 79.9. The Hall–Kier alpha value is -1.03. The molecule has 1 heterocycles. The van der Waals surface area contributed by atoms with Crippen molar-refractivity contribution in [1.29, 1.82) is 0 Å². The van der Waals surface area contributed by atoms with E-state index in [2.05, 4.69) is 15.9 Å². The maximum atomic E-state index is 12.1. The van der Waals surface area contributed by atoms with Crippen molar-refractivity contribution in [3.63, 3.8) is 0 Å². The molecule has 0 bridgehead atoms. The van der Waals surface area contributed by atoms with Gasteiger partial charge < -0.3 is 9.64 Å². The molecule has 0 aromatic heterocycles. The SMILES string of the molecule is O=C(c1ccc(OCCCCBr)cc1)N1CCCC1. The molecule has 0 N–H and O–H groups in total. The van der Waals surface area contributed by atoms with Gasteiger partial charge in [0.15, 0.2) is 0 Å². The highest BCUT2D eigenvalue weighted by Crippen LogP contribution is 2.16. The van der Waals surface area contributed by atoms with Gasteiger partial charge in [0.25, 0.3) is 5.91 Å². The smallest absolute Gasteiger partial charge is 0.253 e. The van der Waals surface area contributed by atoms with Gasteiger partial charge in [0.1, 0.15) is 5.75 Å². The van der Waals surface area contributed by atoms with Crippen molar-refractivity contribution in [2.45, 2.75) is 25.7 Å². The zero-order valence-corrected chi connectivity index (χ0v) is 12.7. The Morgan fingerprint density at radius 3 is 2.47 bits per heavy atom. The Kier molecular flexibility index (Phi) is 5.70. The number of nitrogens with zero attached hydrogens (tertiary/aromatic N) is 1. The van der Waals surface area contributed by atoms with Gasteiger partial charge >= 0.3 is 0 Å². The molecule has 0 saturated carbocycles.